The first kappa shape index (κ1) is 11.3. The zero-order chi connectivity index (χ0) is 11.9. The molecule has 1 saturated carbocycles. The average Bonchev–Trinajstić information content (AvgIpc) is 2.68. The van der Waals surface area contributed by atoms with E-state index in [1.54, 1.807) is 0 Å². The predicted octanol–water partition coefficient (Wildman–Crippen LogP) is 2.39. The molecule has 0 bridgehead atoms. The van der Waals surface area contributed by atoms with Crippen LogP contribution in [-0.4, -0.2) is 17.3 Å². The Bertz CT molecular complexity index is 401. The highest BCUT2D eigenvalue weighted by Gasteiger charge is 2.38. The van der Waals surface area contributed by atoms with Crippen molar-refractivity contribution in [2.75, 3.05) is 7.11 Å². The molecule has 2 aliphatic rings. The number of ether oxygens (including phenoxy) is 1. The minimum atomic E-state index is 0.105. The third-order valence-corrected chi connectivity index (χ3v) is 4.60. The van der Waals surface area contributed by atoms with Gasteiger partial charge in [0.1, 0.15) is 0 Å². The van der Waals surface area contributed by atoms with Gasteiger partial charge in [-0.1, -0.05) is 0 Å². The van der Waals surface area contributed by atoms with Crippen molar-refractivity contribution < 1.29 is 4.74 Å². The Morgan fingerprint density at radius 1 is 1.47 bits per heavy atom. The molecular weight excluding hydrogens is 212 g/mol. The molecule has 0 aliphatic heterocycles. The maximum Gasteiger partial charge on any atom is 0.0856 e. The minimum absolute atomic E-state index is 0.105. The summed E-state index contributed by atoms with van der Waals surface area (Å²) in [5.41, 5.74) is 9.08. The van der Waals surface area contributed by atoms with Crippen LogP contribution in [0.4, 0.5) is 0 Å². The minimum Gasteiger partial charge on any atom is -0.376 e. The first-order chi connectivity index (χ1) is 8.24. The summed E-state index contributed by atoms with van der Waals surface area (Å²) in [6.07, 6.45) is 9.43. The largest absolute Gasteiger partial charge is 0.376 e. The lowest BCUT2D eigenvalue weighted by molar-refractivity contribution is -0.0839. The third-order valence-electron chi connectivity index (χ3n) is 4.60. The molecule has 1 aromatic rings. The Morgan fingerprint density at radius 3 is 2.94 bits per heavy atom. The number of fused-ring (bicyclic) bond motifs is 1. The van der Waals surface area contributed by atoms with Crippen molar-refractivity contribution in [2.24, 2.45) is 5.73 Å². The Labute approximate surface area is 103 Å². The normalized spacial score (nSPS) is 26.4. The van der Waals surface area contributed by atoms with E-state index in [9.17, 15) is 0 Å². The fourth-order valence-electron chi connectivity index (χ4n) is 3.25. The molecule has 0 radical (unpaired) electrons. The van der Waals surface area contributed by atoms with Crippen LogP contribution in [0.2, 0.25) is 0 Å². The molecule has 0 aromatic carbocycles. The molecular formula is C14H22N2O. The number of nitrogens with zero attached hydrogens (tertiary/aromatic N) is 1. The van der Waals surface area contributed by atoms with Crippen LogP contribution in [0.5, 0.6) is 0 Å². The van der Waals surface area contributed by atoms with Crippen molar-refractivity contribution in [3.63, 3.8) is 0 Å². The van der Waals surface area contributed by atoms with E-state index < -0.39 is 0 Å². The smallest absolute Gasteiger partial charge is 0.0856 e. The highest BCUT2D eigenvalue weighted by Crippen LogP contribution is 2.38. The maximum absolute atomic E-state index is 6.16. The lowest BCUT2D eigenvalue weighted by atomic mass is 9.79. The van der Waals surface area contributed by atoms with Crippen molar-refractivity contribution in [3.8, 4) is 0 Å². The number of hydrogen-bond donors (Lipinski definition) is 1. The fraction of sp³-hybridized carbons (Fsp3) is 0.714. The summed E-state index contributed by atoms with van der Waals surface area (Å²) in [7, 11) is 1.85. The fourth-order valence-corrected chi connectivity index (χ4v) is 3.25. The van der Waals surface area contributed by atoms with Gasteiger partial charge in [-0.2, -0.15) is 0 Å². The molecule has 3 heteroatoms. The molecule has 1 fully saturated rings. The molecule has 0 spiro atoms. The molecule has 1 heterocycles. The molecule has 3 rings (SSSR count). The van der Waals surface area contributed by atoms with Gasteiger partial charge < -0.3 is 15.0 Å². The van der Waals surface area contributed by atoms with Crippen molar-refractivity contribution in [1.29, 1.82) is 0 Å². The van der Waals surface area contributed by atoms with Crippen LogP contribution >= 0.6 is 0 Å². The van der Waals surface area contributed by atoms with E-state index in [1.807, 2.05) is 7.11 Å². The van der Waals surface area contributed by atoms with Crippen molar-refractivity contribution in [2.45, 2.75) is 56.7 Å². The predicted molar refractivity (Wildman–Crippen MR) is 67.9 cm³/mol. The SMILES string of the molecule is COC1(Cn2ccc3c2CCCC3N)CCC1. The summed E-state index contributed by atoms with van der Waals surface area (Å²) < 4.78 is 8.10. The zero-order valence-electron chi connectivity index (χ0n) is 10.6. The van der Waals surface area contributed by atoms with Gasteiger partial charge in [0, 0.05) is 25.0 Å². The summed E-state index contributed by atoms with van der Waals surface area (Å²) in [4.78, 5) is 0. The molecule has 1 atom stereocenters. The summed E-state index contributed by atoms with van der Waals surface area (Å²) in [6.45, 7) is 1.01. The van der Waals surface area contributed by atoms with E-state index in [-0.39, 0.29) is 11.6 Å². The monoisotopic (exact) mass is 234 g/mol. The van der Waals surface area contributed by atoms with Crippen LogP contribution in [0.25, 0.3) is 0 Å². The van der Waals surface area contributed by atoms with E-state index in [1.165, 1.54) is 43.4 Å². The Kier molecular flexibility index (Phi) is 2.75. The second-order valence-corrected chi connectivity index (χ2v) is 5.59. The third kappa shape index (κ3) is 1.81. The molecule has 3 nitrogen and oxygen atoms in total. The van der Waals surface area contributed by atoms with Gasteiger partial charge in [0.25, 0.3) is 0 Å². The summed E-state index contributed by atoms with van der Waals surface area (Å²) in [5.74, 6) is 0. The average molecular weight is 234 g/mol. The number of nitrogens with two attached hydrogens (primary N) is 1. The lowest BCUT2D eigenvalue weighted by Crippen LogP contribution is -2.43. The summed E-state index contributed by atoms with van der Waals surface area (Å²) in [6, 6.07) is 2.46. The van der Waals surface area contributed by atoms with Gasteiger partial charge in [-0.05, 0) is 50.2 Å². The first-order valence-electron chi connectivity index (χ1n) is 6.73. The van der Waals surface area contributed by atoms with Gasteiger partial charge in [0.15, 0.2) is 0 Å². The van der Waals surface area contributed by atoms with Gasteiger partial charge in [0.2, 0.25) is 0 Å². The number of methoxy groups -OCH3 is 1. The van der Waals surface area contributed by atoms with Gasteiger partial charge in [-0.15, -0.1) is 0 Å². The van der Waals surface area contributed by atoms with E-state index in [0.717, 1.165) is 13.0 Å². The van der Waals surface area contributed by atoms with Crippen molar-refractivity contribution >= 4 is 0 Å². The van der Waals surface area contributed by atoms with Crippen LogP contribution in [-0.2, 0) is 17.7 Å². The van der Waals surface area contributed by atoms with E-state index in [4.69, 9.17) is 10.5 Å². The quantitative estimate of drug-likeness (QED) is 0.872. The van der Waals surface area contributed by atoms with Gasteiger partial charge in [0.05, 0.1) is 12.1 Å². The second kappa shape index (κ2) is 4.14. The van der Waals surface area contributed by atoms with Crippen molar-refractivity contribution in [3.05, 3.63) is 23.5 Å². The lowest BCUT2D eigenvalue weighted by Gasteiger charge is -2.41. The summed E-state index contributed by atoms with van der Waals surface area (Å²) >= 11 is 0. The molecule has 2 aliphatic carbocycles. The van der Waals surface area contributed by atoms with Gasteiger partial charge >= 0.3 is 0 Å². The maximum atomic E-state index is 6.16. The highest BCUT2D eigenvalue weighted by atomic mass is 16.5. The van der Waals surface area contributed by atoms with Crippen LogP contribution < -0.4 is 5.73 Å². The topological polar surface area (TPSA) is 40.2 Å². The van der Waals surface area contributed by atoms with Crippen LogP contribution in [0, 0.1) is 0 Å². The molecule has 94 valence electrons. The summed E-state index contributed by atoms with van der Waals surface area (Å²) in [5, 5.41) is 0. The van der Waals surface area contributed by atoms with E-state index in [2.05, 4.69) is 16.8 Å². The zero-order valence-corrected chi connectivity index (χ0v) is 10.6. The van der Waals surface area contributed by atoms with Crippen LogP contribution in [0.3, 0.4) is 0 Å². The molecule has 1 unspecified atom stereocenters. The van der Waals surface area contributed by atoms with Crippen LogP contribution in [0.15, 0.2) is 12.3 Å². The highest BCUT2D eigenvalue weighted by molar-refractivity contribution is 5.28. The van der Waals surface area contributed by atoms with Gasteiger partial charge in [-0.25, -0.2) is 0 Å². The number of hydrogen-bond acceptors (Lipinski definition) is 2. The number of aromatic nitrogens is 1. The number of rotatable bonds is 3. The molecule has 1 aromatic heterocycles. The Morgan fingerprint density at radius 2 is 2.29 bits per heavy atom. The standard InChI is InChI=1S/C14H22N2O/c1-17-14(7-3-8-14)10-16-9-6-11-12(15)4-2-5-13(11)16/h6,9,12H,2-5,7-8,10,15H2,1H3. The van der Waals surface area contributed by atoms with Gasteiger partial charge in [-0.3, -0.25) is 0 Å². The van der Waals surface area contributed by atoms with Crippen molar-refractivity contribution in [1.82, 2.24) is 4.57 Å². The van der Waals surface area contributed by atoms with E-state index >= 15 is 0 Å². The van der Waals surface area contributed by atoms with Crippen LogP contribution in [0.1, 0.15) is 49.4 Å². The Hall–Kier alpha value is -0.800. The van der Waals surface area contributed by atoms with E-state index in [0.29, 0.717) is 0 Å². The molecule has 17 heavy (non-hydrogen) atoms. The molecule has 2 N–H and O–H groups in total. The molecule has 0 saturated heterocycles. The molecule has 0 amide bonds. The first-order valence-corrected chi connectivity index (χ1v) is 6.73. The Balaban J connectivity index is 1.84. The second-order valence-electron chi connectivity index (χ2n) is 5.59.